The highest BCUT2D eigenvalue weighted by molar-refractivity contribution is 7.99. The van der Waals surface area contributed by atoms with E-state index in [2.05, 4.69) is 42.5 Å². The van der Waals surface area contributed by atoms with Crippen molar-refractivity contribution in [3.05, 3.63) is 53.6 Å². The fourth-order valence-corrected chi connectivity index (χ4v) is 3.29. The summed E-state index contributed by atoms with van der Waals surface area (Å²) in [6, 6.07) is 14.9. The summed E-state index contributed by atoms with van der Waals surface area (Å²) in [7, 11) is 0. The summed E-state index contributed by atoms with van der Waals surface area (Å²) >= 11 is 1.82. The zero-order valence-electron chi connectivity index (χ0n) is 9.77. The van der Waals surface area contributed by atoms with Crippen molar-refractivity contribution in [1.29, 1.82) is 0 Å². The van der Waals surface area contributed by atoms with Gasteiger partial charge in [-0.3, -0.25) is 0 Å². The third-order valence-corrected chi connectivity index (χ3v) is 4.21. The highest BCUT2D eigenvalue weighted by atomic mass is 32.2. The van der Waals surface area contributed by atoms with E-state index in [9.17, 15) is 0 Å². The molecule has 86 valence electrons. The summed E-state index contributed by atoms with van der Waals surface area (Å²) in [5, 5.41) is 0. The van der Waals surface area contributed by atoms with Crippen LogP contribution < -0.4 is 4.74 Å². The van der Waals surface area contributed by atoms with Crippen LogP contribution in [0.3, 0.4) is 0 Å². The second kappa shape index (κ2) is 4.46. The molecule has 17 heavy (non-hydrogen) atoms. The molecule has 0 aromatic heterocycles. The van der Waals surface area contributed by atoms with Crippen LogP contribution in [0.2, 0.25) is 0 Å². The van der Waals surface area contributed by atoms with E-state index in [0.717, 1.165) is 18.8 Å². The first-order valence-corrected chi connectivity index (χ1v) is 6.70. The van der Waals surface area contributed by atoms with Gasteiger partial charge in [0.2, 0.25) is 0 Å². The molecule has 0 fully saturated rings. The molecule has 2 heteroatoms. The van der Waals surface area contributed by atoms with Crippen LogP contribution in [-0.4, -0.2) is 6.61 Å². The van der Waals surface area contributed by atoms with Crippen molar-refractivity contribution in [1.82, 2.24) is 0 Å². The van der Waals surface area contributed by atoms with E-state index in [4.69, 9.17) is 4.74 Å². The maximum Gasteiger partial charge on any atom is 0.133 e. The third kappa shape index (κ3) is 1.93. The predicted molar refractivity (Wildman–Crippen MR) is 71.0 cm³/mol. The average molecular weight is 242 g/mol. The second-order valence-electron chi connectivity index (χ2n) is 4.06. The molecule has 2 aromatic rings. The summed E-state index contributed by atoms with van der Waals surface area (Å²) in [5.41, 5.74) is 2.79. The van der Waals surface area contributed by atoms with E-state index in [0.29, 0.717) is 0 Å². The Morgan fingerprint density at radius 1 is 1.06 bits per heavy atom. The Labute approximate surface area is 106 Å². The quantitative estimate of drug-likeness (QED) is 0.668. The molecule has 0 spiro atoms. The van der Waals surface area contributed by atoms with Gasteiger partial charge in [0, 0.05) is 4.90 Å². The van der Waals surface area contributed by atoms with Gasteiger partial charge in [-0.15, -0.1) is 0 Å². The Kier molecular flexibility index (Phi) is 2.81. The SMILES string of the molecule is CCOc1cccc2c1Sc1ccccc1C2. The third-order valence-electron chi connectivity index (χ3n) is 2.93. The molecule has 0 unspecified atom stereocenters. The van der Waals surface area contributed by atoms with Gasteiger partial charge in [-0.2, -0.15) is 0 Å². The lowest BCUT2D eigenvalue weighted by Crippen LogP contribution is -2.02. The molecule has 0 saturated carbocycles. The van der Waals surface area contributed by atoms with E-state index in [1.165, 1.54) is 20.9 Å². The zero-order chi connectivity index (χ0) is 11.7. The van der Waals surface area contributed by atoms with Crippen molar-refractivity contribution in [3.8, 4) is 5.75 Å². The van der Waals surface area contributed by atoms with Crippen LogP contribution in [0, 0.1) is 0 Å². The predicted octanol–water partition coefficient (Wildman–Crippen LogP) is 4.14. The van der Waals surface area contributed by atoms with Crippen LogP contribution in [0.1, 0.15) is 18.1 Å². The molecule has 1 aliphatic heterocycles. The molecule has 0 bridgehead atoms. The molecule has 2 aromatic carbocycles. The number of rotatable bonds is 2. The van der Waals surface area contributed by atoms with Gasteiger partial charge in [-0.1, -0.05) is 42.1 Å². The monoisotopic (exact) mass is 242 g/mol. The fraction of sp³-hybridized carbons (Fsp3) is 0.200. The van der Waals surface area contributed by atoms with Crippen LogP contribution in [0.25, 0.3) is 0 Å². The van der Waals surface area contributed by atoms with Crippen molar-refractivity contribution in [2.75, 3.05) is 6.61 Å². The Bertz CT molecular complexity index is 548. The smallest absolute Gasteiger partial charge is 0.133 e. The molecule has 3 rings (SSSR count). The van der Waals surface area contributed by atoms with Gasteiger partial charge < -0.3 is 4.74 Å². The van der Waals surface area contributed by atoms with Gasteiger partial charge in [0.1, 0.15) is 5.75 Å². The van der Waals surface area contributed by atoms with Gasteiger partial charge in [0.05, 0.1) is 11.5 Å². The topological polar surface area (TPSA) is 9.23 Å². The molecule has 1 heterocycles. The minimum Gasteiger partial charge on any atom is -0.493 e. The summed E-state index contributed by atoms with van der Waals surface area (Å²) in [4.78, 5) is 2.64. The van der Waals surface area contributed by atoms with Crippen LogP contribution in [0.15, 0.2) is 52.3 Å². The van der Waals surface area contributed by atoms with Crippen LogP contribution in [0.5, 0.6) is 5.75 Å². The van der Waals surface area contributed by atoms with Gasteiger partial charge in [0.15, 0.2) is 0 Å². The number of ether oxygens (including phenoxy) is 1. The Hall–Kier alpha value is -1.41. The molecule has 0 saturated heterocycles. The molecule has 1 nitrogen and oxygen atoms in total. The normalized spacial score (nSPS) is 12.8. The maximum atomic E-state index is 5.70. The molecular formula is C15H14OS. The summed E-state index contributed by atoms with van der Waals surface area (Å²) in [6.07, 6.45) is 1.01. The van der Waals surface area contributed by atoms with Gasteiger partial charge in [-0.25, -0.2) is 0 Å². The fourth-order valence-electron chi connectivity index (χ4n) is 2.15. The lowest BCUT2D eigenvalue weighted by Gasteiger charge is -2.21. The van der Waals surface area contributed by atoms with Crippen molar-refractivity contribution in [2.45, 2.75) is 23.1 Å². The number of fused-ring (bicyclic) bond motifs is 2. The van der Waals surface area contributed by atoms with Gasteiger partial charge in [0.25, 0.3) is 0 Å². The van der Waals surface area contributed by atoms with Crippen LogP contribution in [0.4, 0.5) is 0 Å². The molecule has 0 aliphatic carbocycles. The van der Waals surface area contributed by atoms with Crippen LogP contribution >= 0.6 is 11.8 Å². The number of benzene rings is 2. The highest BCUT2D eigenvalue weighted by Gasteiger charge is 2.18. The average Bonchev–Trinajstić information content (AvgIpc) is 2.37. The summed E-state index contributed by atoms with van der Waals surface area (Å²) in [5.74, 6) is 1.02. The number of hydrogen-bond acceptors (Lipinski definition) is 2. The Morgan fingerprint density at radius 2 is 1.88 bits per heavy atom. The van der Waals surface area contributed by atoms with E-state index >= 15 is 0 Å². The second-order valence-corrected chi connectivity index (χ2v) is 5.12. The van der Waals surface area contributed by atoms with E-state index in [-0.39, 0.29) is 0 Å². The first-order valence-electron chi connectivity index (χ1n) is 5.89. The van der Waals surface area contributed by atoms with Gasteiger partial charge >= 0.3 is 0 Å². The molecule has 1 aliphatic rings. The highest BCUT2D eigenvalue weighted by Crippen LogP contribution is 2.44. The lowest BCUT2D eigenvalue weighted by molar-refractivity contribution is 0.331. The first-order chi connectivity index (χ1) is 8.38. The largest absolute Gasteiger partial charge is 0.493 e. The van der Waals surface area contributed by atoms with Crippen molar-refractivity contribution >= 4 is 11.8 Å². The summed E-state index contributed by atoms with van der Waals surface area (Å²) < 4.78 is 5.70. The number of hydrogen-bond donors (Lipinski definition) is 0. The zero-order valence-corrected chi connectivity index (χ0v) is 10.6. The van der Waals surface area contributed by atoms with Crippen LogP contribution in [-0.2, 0) is 6.42 Å². The van der Waals surface area contributed by atoms with E-state index in [1.807, 2.05) is 18.7 Å². The van der Waals surface area contributed by atoms with Gasteiger partial charge in [-0.05, 0) is 36.6 Å². The van der Waals surface area contributed by atoms with Crippen molar-refractivity contribution in [2.24, 2.45) is 0 Å². The molecule has 0 N–H and O–H groups in total. The minimum absolute atomic E-state index is 0.721. The molecule has 0 radical (unpaired) electrons. The first kappa shape index (κ1) is 10.7. The van der Waals surface area contributed by atoms with Crippen molar-refractivity contribution in [3.63, 3.8) is 0 Å². The molecule has 0 amide bonds. The Balaban J connectivity index is 2.05. The molecule has 0 atom stereocenters. The van der Waals surface area contributed by atoms with Crippen molar-refractivity contribution < 1.29 is 4.74 Å². The molecular weight excluding hydrogens is 228 g/mol. The Morgan fingerprint density at radius 3 is 2.76 bits per heavy atom. The standard InChI is InChI=1S/C15H14OS/c1-2-16-13-8-5-7-12-10-11-6-3-4-9-14(11)17-15(12)13/h3-9H,2,10H2,1H3. The minimum atomic E-state index is 0.721. The lowest BCUT2D eigenvalue weighted by atomic mass is 10.0. The van der Waals surface area contributed by atoms with E-state index in [1.54, 1.807) is 0 Å². The van der Waals surface area contributed by atoms with E-state index < -0.39 is 0 Å². The maximum absolute atomic E-state index is 5.70. The summed E-state index contributed by atoms with van der Waals surface area (Å²) in [6.45, 7) is 2.75.